The fourth-order valence-corrected chi connectivity index (χ4v) is 2.83. The van der Waals surface area contributed by atoms with Gasteiger partial charge in [-0.2, -0.15) is 0 Å². The standard InChI is InChI=1S/C17H22N6O2/c1-12(2)17-19-13(3)10-16(20-17)22-8-6-21(7-9-22)15-5-4-14(11-18-15)23(24)25/h4-5,10-12H,6-9H2,1-3H3. The van der Waals surface area contributed by atoms with Crippen molar-refractivity contribution in [3.8, 4) is 0 Å². The fourth-order valence-electron chi connectivity index (χ4n) is 2.83. The van der Waals surface area contributed by atoms with Crippen LogP contribution < -0.4 is 9.80 Å². The van der Waals surface area contributed by atoms with E-state index in [0.717, 1.165) is 49.3 Å². The molecule has 0 bridgehead atoms. The number of hydrogen-bond donors (Lipinski definition) is 0. The number of hydrogen-bond acceptors (Lipinski definition) is 7. The number of nitrogens with zero attached hydrogens (tertiary/aromatic N) is 6. The minimum atomic E-state index is -0.432. The van der Waals surface area contributed by atoms with E-state index < -0.39 is 4.92 Å². The van der Waals surface area contributed by atoms with Gasteiger partial charge < -0.3 is 9.80 Å². The molecule has 3 heterocycles. The highest BCUT2D eigenvalue weighted by Crippen LogP contribution is 2.21. The fraction of sp³-hybridized carbons (Fsp3) is 0.471. The predicted octanol–water partition coefficient (Wildman–Crippen LogP) is 2.54. The van der Waals surface area contributed by atoms with Crippen molar-refractivity contribution in [3.05, 3.63) is 46.0 Å². The van der Waals surface area contributed by atoms with E-state index >= 15 is 0 Å². The molecule has 132 valence electrons. The van der Waals surface area contributed by atoms with Gasteiger partial charge in [-0.1, -0.05) is 13.8 Å². The van der Waals surface area contributed by atoms with Crippen LogP contribution in [-0.4, -0.2) is 46.1 Å². The molecule has 0 spiro atoms. The number of aryl methyl sites for hydroxylation is 1. The molecule has 8 nitrogen and oxygen atoms in total. The Kier molecular flexibility index (Phi) is 4.78. The molecule has 0 amide bonds. The van der Waals surface area contributed by atoms with Crippen LogP contribution in [0.4, 0.5) is 17.3 Å². The average Bonchev–Trinajstić information content (AvgIpc) is 2.61. The predicted molar refractivity (Wildman–Crippen MR) is 96.2 cm³/mol. The Labute approximate surface area is 146 Å². The third kappa shape index (κ3) is 3.84. The second-order valence-electron chi connectivity index (χ2n) is 6.49. The normalized spacial score (nSPS) is 14.9. The smallest absolute Gasteiger partial charge is 0.287 e. The quantitative estimate of drug-likeness (QED) is 0.623. The molecule has 3 rings (SSSR count). The van der Waals surface area contributed by atoms with Crippen molar-refractivity contribution in [2.45, 2.75) is 26.7 Å². The maximum absolute atomic E-state index is 10.7. The molecule has 2 aromatic heterocycles. The maximum Gasteiger partial charge on any atom is 0.287 e. The van der Waals surface area contributed by atoms with Crippen LogP contribution >= 0.6 is 0 Å². The topological polar surface area (TPSA) is 88.3 Å². The lowest BCUT2D eigenvalue weighted by atomic mass is 10.2. The van der Waals surface area contributed by atoms with Crippen molar-refractivity contribution in [2.24, 2.45) is 0 Å². The minimum absolute atomic E-state index is 0.0139. The number of rotatable bonds is 4. The van der Waals surface area contributed by atoms with Gasteiger partial charge in [0.05, 0.1) is 4.92 Å². The highest BCUT2D eigenvalue weighted by Gasteiger charge is 2.21. The molecule has 0 atom stereocenters. The Morgan fingerprint density at radius 2 is 1.72 bits per heavy atom. The highest BCUT2D eigenvalue weighted by molar-refractivity contribution is 5.47. The zero-order valence-electron chi connectivity index (χ0n) is 14.7. The van der Waals surface area contributed by atoms with Crippen LogP contribution in [0.5, 0.6) is 0 Å². The molecule has 0 N–H and O–H groups in total. The van der Waals surface area contributed by atoms with Gasteiger partial charge in [0.25, 0.3) is 5.69 Å². The largest absolute Gasteiger partial charge is 0.353 e. The van der Waals surface area contributed by atoms with Gasteiger partial charge in [0.1, 0.15) is 23.7 Å². The summed E-state index contributed by atoms with van der Waals surface area (Å²) in [5.41, 5.74) is 0.994. The van der Waals surface area contributed by atoms with E-state index in [9.17, 15) is 10.1 Å². The molecule has 0 unspecified atom stereocenters. The first kappa shape index (κ1) is 17.1. The molecule has 1 aliphatic heterocycles. The summed E-state index contributed by atoms with van der Waals surface area (Å²) < 4.78 is 0. The minimum Gasteiger partial charge on any atom is -0.353 e. The lowest BCUT2D eigenvalue weighted by Crippen LogP contribution is -2.47. The lowest BCUT2D eigenvalue weighted by Gasteiger charge is -2.36. The molecule has 8 heteroatoms. The van der Waals surface area contributed by atoms with Gasteiger partial charge in [0.2, 0.25) is 0 Å². The van der Waals surface area contributed by atoms with Crippen LogP contribution in [0.15, 0.2) is 24.4 Å². The van der Waals surface area contributed by atoms with Gasteiger partial charge in [-0.05, 0) is 13.0 Å². The van der Waals surface area contributed by atoms with Crippen molar-refractivity contribution in [3.63, 3.8) is 0 Å². The first-order valence-electron chi connectivity index (χ1n) is 8.40. The van der Waals surface area contributed by atoms with Crippen LogP contribution in [0.2, 0.25) is 0 Å². The number of aromatic nitrogens is 3. The summed E-state index contributed by atoms with van der Waals surface area (Å²) in [7, 11) is 0. The van der Waals surface area contributed by atoms with Gasteiger partial charge in [0.15, 0.2) is 0 Å². The molecular weight excluding hydrogens is 320 g/mol. The van der Waals surface area contributed by atoms with Crippen molar-refractivity contribution in [1.82, 2.24) is 15.0 Å². The summed E-state index contributed by atoms with van der Waals surface area (Å²) >= 11 is 0. The summed E-state index contributed by atoms with van der Waals surface area (Å²) in [6.45, 7) is 9.43. The Hall–Kier alpha value is -2.77. The van der Waals surface area contributed by atoms with Crippen LogP contribution in [0.25, 0.3) is 0 Å². The molecule has 2 aromatic rings. The summed E-state index contributed by atoms with van der Waals surface area (Å²) in [6, 6.07) is 5.22. The van der Waals surface area contributed by atoms with Gasteiger partial charge in [-0.15, -0.1) is 0 Å². The van der Waals surface area contributed by atoms with Crippen LogP contribution in [-0.2, 0) is 0 Å². The second-order valence-corrected chi connectivity index (χ2v) is 6.49. The molecule has 1 saturated heterocycles. The molecule has 0 aromatic carbocycles. The Balaban J connectivity index is 1.68. The summed E-state index contributed by atoms with van der Waals surface area (Å²) in [6.07, 6.45) is 1.31. The molecule has 1 fully saturated rings. The van der Waals surface area contributed by atoms with Gasteiger partial charge >= 0.3 is 0 Å². The van der Waals surface area contributed by atoms with E-state index in [1.807, 2.05) is 13.0 Å². The molecule has 0 saturated carbocycles. The zero-order valence-corrected chi connectivity index (χ0v) is 14.7. The zero-order chi connectivity index (χ0) is 18.0. The summed E-state index contributed by atoms with van der Waals surface area (Å²) in [5, 5.41) is 10.7. The van der Waals surface area contributed by atoms with Crippen molar-refractivity contribution >= 4 is 17.3 Å². The van der Waals surface area contributed by atoms with Crippen LogP contribution in [0.1, 0.15) is 31.3 Å². The van der Waals surface area contributed by atoms with E-state index in [2.05, 4.69) is 33.6 Å². The number of anilines is 2. The van der Waals surface area contributed by atoms with Crippen molar-refractivity contribution in [2.75, 3.05) is 36.0 Å². The Morgan fingerprint density at radius 3 is 2.24 bits per heavy atom. The van der Waals surface area contributed by atoms with E-state index in [4.69, 9.17) is 4.98 Å². The number of piperazine rings is 1. The maximum atomic E-state index is 10.7. The molecular formula is C17H22N6O2. The Bertz CT molecular complexity index is 754. The first-order valence-corrected chi connectivity index (χ1v) is 8.40. The van der Waals surface area contributed by atoms with E-state index in [0.29, 0.717) is 5.92 Å². The molecule has 25 heavy (non-hydrogen) atoms. The summed E-state index contributed by atoms with van der Waals surface area (Å²) in [5.74, 6) is 2.90. The second kappa shape index (κ2) is 7.00. The van der Waals surface area contributed by atoms with E-state index in [1.54, 1.807) is 6.07 Å². The summed E-state index contributed by atoms with van der Waals surface area (Å²) in [4.78, 5) is 28.1. The van der Waals surface area contributed by atoms with Gasteiger partial charge in [-0.25, -0.2) is 15.0 Å². The first-order chi connectivity index (χ1) is 11.9. The van der Waals surface area contributed by atoms with Crippen molar-refractivity contribution < 1.29 is 4.92 Å². The van der Waals surface area contributed by atoms with E-state index in [1.165, 1.54) is 12.3 Å². The third-order valence-electron chi connectivity index (χ3n) is 4.25. The highest BCUT2D eigenvalue weighted by atomic mass is 16.6. The van der Waals surface area contributed by atoms with Crippen LogP contribution in [0.3, 0.4) is 0 Å². The molecule has 0 radical (unpaired) electrons. The van der Waals surface area contributed by atoms with Gasteiger partial charge in [0, 0.05) is 49.9 Å². The Morgan fingerprint density at radius 1 is 1.08 bits per heavy atom. The third-order valence-corrected chi connectivity index (χ3v) is 4.25. The molecule has 0 aliphatic carbocycles. The number of nitro groups is 1. The average molecular weight is 342 g/mol. The number of pyridine rings is 1. The van der Waals surface area contributed by atoms with Crippen molar-refractivity contribution in [1.29, 1.82) is 0 Å². The van der Waals surface area contributed by atoms with Gasteiger partial charge in [-0.3, -0.25) is 10.1 Å². The molecule has 1 aliphatic rings. The van der Waals surface area contributed by atoms with E-state index in [-0.39, 0.29) is 5.69 Å². The SMILES string of the molecule is Cc1cc(N2CCN(c3ccc([N+](=O)[O-])cn3)CC2)nc(C(C)C)n1. The van der Waals surface area contributed by atoms with Crippen LogP contribution in [0, 0.1) is 17.0 Å². The lowest BCUT2D eigenvalue weighted by molar-refractivity contribution is -0.385. The monoisotopic (exact) mass is 342 g/mol.